The molecule has 5 rings (SSSR count). The van der Waals surface area contributed by atoms with Gasteiger partial charge in [-0.05, 0) is 109 Å². The van der Waals surface area contributed by atoms with Gasteiger partial charge < -0.3 is 24.4 Å². The fourth-order valence-electron chi connectivity index (χ4n) is 7.90. The Morgan fingerprint density at radius 3 is 2.45 bits per heavy atom. The highest BCUT2D eigenvalue weighted by Gasteiger charge is 2.45. The largest absolute Gasteiger partial charge is 0.504 e. The van der Waals surface area contributed by atoms with Gasteiger partial charge in [0.15, 0.2) is 23.0 Å². The maximum Gasteiger partial charge on any atom is 0.302 e. The second-order valence-corrected chi connectivity index (χ2v) is 12.6. The molecule has 3 aliphatic carbocycles. The molecule has 2 saturated carbocycles. The van der Waals surface area contributed by atoms with E-state index in [9.17, 15) is 19.8 Å². The van der Waals surface area contributed by atoms with Gasteiger partial charge in [-0.1, -0.05) is 31.1 Å². The Morgan fingerprint density at radius 2 is 1.74 bits per heavy atom. The van der Waals surface area contributed by atoms with Gasteiger partial charge in [0.1, 0.15) is 11.9 Å². The van der Waals surface area contributed by atoms with Crippen LogP contribution < -0.4 is 9.47 Å². The van der Waals surface area contributed by atoms with Gasteiger partial charge in [-0.3, -0.25) is 9.59 Å². The standard InChI is InChI=1S/C35H44O7/c1-22(36)42-27(10-6-23-7-11-31(38)33(16-23)40-2)18-26(37)19-30-28-12-15-35(13-4-5-14-35)21-25(28)9-8-24-17-32(39)34(41-3)20-29(24)30/h7-9,11,16-17,20,25,27-28,30,38-39H,4-6,10,12-15,18-19,21H2,1-3H3/t25-,27-,28+,30+/m1/s1. The van der Waals surface area contributed by atoms with Gasteiger partial charge in [0.25, 0.3) is 0 Å². The van der Waals surface area contributed by atoms with Crippen molar-refractivity contribution in [2.75, 3.05) is 14.2 Å². The minimum Gasteiger partial charge on any atom is -0.504 e. The molecule has 0 heterocycles. The normalized spacial score (nSPS) is 23.0. The number of esters is 1. The van der Waals surface area contributed by atoms with Crippen LogP contribution in [0.5, 0.6) is 23.0 Å². The fourth-order valence-corrected chi connectivity index (χ4v) is 7.90. The van der Waals surface area contributed by atoms with Gasteiger partial charge in [0.2, 0.25) is 0 Å². The van der Waals surface area contributed by atoms with Crippen LogP contribution in [0.15, 0.2) is 36.4 Å². The zero-order valence-electron chi connectivity index (χ0n) is 25.1. The second-order valence-electron chi connectivity index (χ2n) is 12.6. The van der Waals surface area contributed by atoms with Crippen molar-refractivity contribution in [3.63, 3.8) is 0 Å². The Bertz CT molecular complexity index is 1320. The van der Waals surface area contributed by atoms with Gasteiger partial charge in [0.05, 0.1) is 14.2 Å². The summed E-state index contributed by atoms with van der Waals surface area (Å²) in [4.78, 5) is 25.8. The van der Waals surface area contributed by atoms with E-state index in [4.69, 9.17) is 14.2 Å². The molecular formula is C35H44O7. The van der Waals surface area contributed by atoms with Crippen LogP contribution in [0, 0.1) is 17.3 Å². The van der Waals surface area contributed by atoms with E-state index in [2.05, 4.69) is 12.2 Å². The average molecular weight is 577 g/mol. The molecule has 7 nitrogen and oxygen atoms in total. The monoisotopic (exact) mass is 576 g/mol. The number of phenols is 2. The summed E-state index contributed by atoms with van der Waals surface area (Å²) in [7, 11) is 3.05. The van der Waals surface area contributed by atoms with Crippen molar-refractivity contribution < 1.29 is 34.0 Å². The van der Waals surface area contributed by atoms with Crippen LogP contribution in [0.4, 0.5) is 0 Å². The predicted octanol–water partition coefficient (Wildman–Crippen LogP) is 7.12. The van der Waals surface area contributed by atoms with E-state index in [0.717, 1.165) is 29.5 Å². The molecule has 2 fully saturated rings. The summed E-state index contributed by atoms with van der Waals surface area (Å²) in [5, 5.41) is 20.5. The van der Waals surface area contributed by atoms with Crippen molar-refractivity contribution in [3.8, 4) is 23.0 Å². The highest BCUT2D eigenvalue weighted by molar-refractivity contribution is 5.81. The molecule has 0 amide bonds. The molecule has 1 spiro atoms. The molecule has 0 aliphatic heterocycles. The maximum atomic E-state index is 13.8. The summed E-state index contributed by atoms with van der Waals surface area (Å²) in [6.45, 7) is 1.37. The summed E-state index contributed by atoms with van der Waals surface area (Å²) in [6, 6.07) is 8.83. The molecule has 3 aliphatic rings. The summed E-state index contributed by atoms with van der Waals surface area (Å²) in [5.74, 6) is 1.32. The van der Waals surface area contributed by atoms with E-state index >= 15 is 0 Å². The summed E-state index contributed by atoms with van der Waals surface area (Å²) >= 11 is 0. The van der Waals surface area contributed by atoms with E-state index < -0.39 is 12.1 Å². The minimum atomic E-state index is -0.545. The Hall–Kier alpha value is -3.48. The van der Waals surface area contributed by atoms with Crippen LogP contribution in [-0.2, 0) is 20.7 Å². The topological polar surface area (TPSA) is 102 Å². The lowest BCUT2D eigenvalue weighted by Crippen LogP contribution is -2.34. The number of ketones is 1. The van der Waals surface area contributed by atoms with Crippen LogP contribution in [0.1, 0.15) is 93.7 Å². The second kappa shape index (κ2) is 12.8. The van der Waals surface area contributed by atoms with E-state index in [1.54, 1.807) is 25.3 Å². The van der Waals surface area contributed by atoms with Crippen LogP contribution in [0.3, 0.4) is 0 Å². The maximum absolute atomic E-state index is 13.8. The molecule has 7 heteroatoms. The van der Waals surface area contributed by atoms with E-state index in [1.807, 2.05) is 12.1 Å². The third-order valence-electron chi connectivity index (χ3n) is 9.95. The number of allylic oxidation sites excluding steroid dienone is 1. The van der Waals surface area contributed by atoms with Gasteiger partial charge in [-0.15, -0.1) is 0 Å². The summed E-state index contributed by atoms with van der Waals surface area (Å²) in [5.41, 5.74) is 3.34. The first-order chi connectivity index (χ1) is 20.2. The minimum absolute atomic E-state index is 0.0138. The number of rotatable bonds is 10. The summed E-state index contributed by atoms with van der Waals surface area (Å²) in [6.07, 6.45) is 14.1. The molecule has 0 aromatic heterocycles. The number of aromatic hydroxyl groups is 2. The lowest BCUT2D eigenvalue weighted by atomic mass is 9.60. The van der Waals surface area contributed by atoms with Crippen LogP contribution in [0.25, 0.3) is 6.08 Å². The summed E-state index contributed by atoms with van der Waals surface area (Å²) < 4.78 is 16.3. The third-order valence-corrected chi connectivity index (χ3v) is 9.95. The molecule has 2 aromatic carbocycles. The number of carbonyl (C=O) groups excluding carboxylic acids is 2. The van der Waals surface area contributed by atoms with Crippen molar-refractivity contribution in [1.29, 1.82) is 0 Å². The Labute approximate surface area is 248 Å². The van der Waals surface area contributed by atoms with Crippen LogP contribution in [-0.4, -0.2) is 42.3 Å². The number of hydrogen-bond donors (Lipinski definition) is 2. The SMILES string of the molecule is COc1cc(CC[C@H](CC(=O)C[C@@H]2c3cc(OC)c(O)cc3C=C[C@@H]3CC4(CCCC4)CC[C@@H]32)OC(C)=O)ccc1O. The van der Waals surface area contributed by atoms with Crippen molar-refractivity contribution in [1.82, 2.24) is 0 Å². The highest BCUT2D eigenvalue weighted by atomic mass is 16.5. The molecule has 0 bridgehead atoms. The van der Waals surface area contributed by atoms with Gasteiger partial charge >= 0.3 is 5.97 Å². The number of Topliss-reactive ketones (excluding diaryl/α,β-unsaturated/α-hetero) is 1. The van der Waals surface area contributed by atoms with Crippen molar-refractivity contribution in [2.45, 2.75) is 89.6 Å². The molecule has 2 N–H and O–H groups in total. The number of methoxy groups -OCH3 is 2. The number of hydrogen-bond acceptors (Lipinski definition) is 7. The average Bonchev–Trinajstić information content (AvgIpc) is 3.36. The number of phenolic OH excluding ortho intramolecular Hbond substituents is 2. The lowest BCUT2D eigenvalue weighted by Gasteiger charge is -2.44. The molecule has 2 aromatic rings. The molecule has 42 heavy (non-hydrogen) atoms. The quantitative estimate of drug-likeness (QED) is 0.291. The lowest BCUT2D eigenvalue weighted by molar-refractivity contribution is -0.147. The Morgan fingerprint density at radius 1 is 1.00 bits per heavy atom. The van der Waals surface area contributed by atoms with E-state index in [0.29, 0.717) is 48.0 Å². The number of fused-ring (bicyclic) bond motifs is 2. The van der Waals surface area contributed by atoms with Crippen molar-refractivity contribution in [2.24, 2.45) is 17.3 Å². The number of aryl methyl sites for hydroxylation is 1. The zero-order valence-corrected chi connectivity index (χ0v) is 25.1. The first-order valence-corrected chi connectivity index (χ1v) is 15.3. The van der Waals surface area contributed by atoms with E-state index in [1.165, 1.54) is 46.1 Å². The van der Waals surface area contributed by atoms with Crippen LogP contribution >= 0.6 is 0 Å². The van der Waals surface area contributed by atoms with Gasteiger partial charge in [-0.25, -0.2) is 0 Å². The Balaban J connectivity index is 1.36. The van der Waals surface area contributed by atoms with Crippen molar-refractivity contribution >= 4 is 17.8 Å². The predicted molar refractivity (Wildman–Crippen MR) is 161 cm³/mol. The zero-order chi connectivity index (χ0) is 29.9. The van der Waals surface area contributed by atoms with Crippen molar-refractivity contribution in [3.05, 3.63) is 53.1 Å². The van der Waals surface area contributed by atoms with Gasteiger partial charge in [-0.2, -0.15) is 0 Å². The first kappa shape index (κ1) is 30.0. The van der Waals surface area contributed by atoms with E-state index in [-0.39, 0.29) is 29.6 Å². The fraction of sp³-hybridized carbons (Fsp3) is 0.543. The molecule has 0 unspecified atom stereocenters. The number of ether oxygens (including phenoxy) is 3. The molecule has 0 saturated heterocycles. The smallest absolute Gasteiger partial charge is 0.302 e. The Kier molecular flexibility index (Phi) is 9.14. The molecule has 4 atom stereocenters. The molecule has 0 radical (unpaired) electrons. The highest BCUT2D eigenvalue weighted by Crippen LogP contribution is 2.57. The molecule has 226 valence electrons. The molecular weight excluding hydrogens is 532 g/mol. The van der Waals surface area contributed by atoms with Crippen LogP contribution in [0.2, 0.25) is 0 Å². The number of carbonyl (C=O) groups is 2. The number of benzene rings is 2. The first-order valence-electron chi connectivity index (χ1n) is 15.3. The third kappa shape index (κ3) is 6.61. The van der Waals surface area contributed by atoms with Gasteiger partial charge in [0, 0.05) is 19.8 Å².